The number of hydrogen-bond acceptors (Lipinski definition) is 1. The Morgan fingerprint density at radius 1 is 1.36 bits per heavy atom. The lowest BCUT2D eigenvalue weighted by molar-refractivity contribution is -0.124. The molecule has 0 spiro atoms. The van der Waals surface area contributed by atoms with Crippen LogP contribution in [-0.4, -0.2) is 13.3 Å². The lowest BCUT2D eigenvalue weighted by Crippen LogP contribution is -2.51. The first-order chi connectivity index (χ1) is 6.19. The first kappa shape index (κ1) is 13.2. The summed E-state index contributed by atoms with van der Waals surface area (Å²) in [5.74, 6) is 1.07. The Bertz CT molecular complexity index is 246. The zero-order valence-electron chi connectivity index (χ0n) is 8.61. The van der Waals surface area contributed by atoms with Crippen LogP contribution in [0.1, 0.15) is 33.6 Å². The molecule has 0 aliphatic heterocycles. The van der Waals surface area contributed by atoms with E-state index in [1.807, 2.05) is 6.92 Å². The van der Waals surface area contributed by atoms with Gasteiger partial charge in [-0.3, -0.25) is 4.79 Å². The summed E-state index contributed by atoms with van der Waals surface area (Å²) in [6.07, 6.45) is 1.97. The van der Waals surface area contributed by atoms with E-state index in [2.05, 4.69) is 61.6 Å². The number of alkyl halides is 3. The predicted octanol–water partition coefficient (Wildman–Crippen LogP) is 4.26. The zero-order chi connectivity index (χ0) is 11.1. The highest BCUT2D eigenvalue weighted by molar-refractivity contribution is 9.26. The minimum atomic E-state index is -0.551. The molecule has 0 aromatic rings. The first-order valence-corrected chi connectivity index (χ1v) is 7.19. The van der Waals surface area contributed by atoms with Crippen LogP contribution in [0.3, 0.4) is 0 Å². The van der Waals surface area contributed by atoms with Gasteiger partial charge in [0.05, 0.1) is 4.32 Å². The smallest absolute Gasteiger partial charge is 0.176 e. The van der Waals surface area contributed by atoms with Crippen molar-refractivity contribution in [3.8, 4) is 0 Å². The topological polar surface area (TPSA) is 17.1 Å². The normalized spacial score (nSPS) is 37.6. The molecule has 82 valence electrons. The van der Waals surface area contributed by atoms with Gasteiger partial charge in [-0.15, -0.1) is 0 Å². The Hall–Kier alpha value is 1.11. The van der Waals surface area contributed by atoms with Gasteiger partial charge < -0.3 is 0 Å². The van der Waals surface area contributed by atoms with E-state index < -0.39 is 3.23 Å². The molecule has 0 aromatic carbocycles. The van der Waals surface area contributed by atoms with E-state index in [-0.39, 0.29) is 10.1 Å². The first-order valence-electron chi connectivity index (χ1n) is 4.81. The van der Waals surface area contributed by atoms with Crippen LogP contribution in [0.25, 0.3) is 0 Å². The van der Waals surface area contributed by atoms with Gasteiger partial charge in [0.25, 0.3) is 0 Å². The van der Waals surface area contributed by atoms with Gasteiger partial charge in [0.2, 0.25) is 0 Å². The quantitative estimate of drug-likeness (QED) is 0.611. The molecule has 1 rings (SSSR count). The number of carbonyl (C=O) groups excluding carboxylic acids is 1. The summed E-state index contributed by atoms with van der Waals surface area (Å²) in [6.45, 7) is 6.27. The summed E-state index contributed by atoms with van der Waals surface area (Å²) in [5.41, 5.74) is 0. The molecule has 14 heavy (non-hydrogen) atoms. The second-order valence-electron chi connectivity index (χ2n) is 4.54. The molecule has 1 aliphatic rings. The Balaban J connectivity index is 2.97. The van der Waals surface area contributed by atoms with E-state index in [1.54, 1.807) is 0 Å². The minimum absolute atomic E-state index is 0.204. The molecule has 0 heterocycles. The van der Waals surface area contributed by atoms with Crippen molar-refractivity contribution in [1.29, 1.82) is 0 Å². The van der Waals surface area contributed by atoms with Crippen LogP contribution in [0.15, 0.2) is 0 Å². The summed E-state index contributed by atoms with van der Waals surface area (Å²) in [7, 11) is 0. The van der Waals surface area contributed by atoms with E-state index in [1.165, 1.54) is 0 Å². The van der Waals surface area contributed by atoms with Crippen LogP contribution in [0.2, 0.25) is 0 Å². The molecule has 0 saturated heterocycles. The van der Waals surface area contributed by atoms with Crippen LogP contribution in [0.5, 0.6) is 0 Å². The average molecular weight is 391 g/mol. The molecule has 0 amide bonds. The van der Waals surface area contributed by atoms with E-state index in [9.17, 15) is 4.79 Å². The van der Waals surface area contributed by atoms with Crippen molar-refractivity contribution in [3.05, 3.63) is 0 Å². The van der Waals surface area contributed by atoms with Crippen LogP contribution in [0.4, 0.5) is 0 Å². The summed E-state index contributed by atoms with van der Waals surface area (Å²) >= 11 is 10.6. The monoisotopic (exact) mass is 388 g/mol. The molecule has 0 radical (unpaired) electrons. The second kappa shape index (κ2) is 4.17. The van der Waals surface area contributed by atoms with Crippen LogP contribution >= 0.6 is 47.8 Å². The third-order valence-corrected chi connectivity index (χ3v) is 5.62. The molecule has 1 aliphatic carbocycles. The molecule has 0 N–H and O–H groups in total. The molecule has 1 fully saturated rings. The summed E-state index contributed by atoms with van der Waals surface area (Å²) in [5, 5.41) is 0. The van der Waals surface area contributed by atoms with Crippen molar-refractivity contribution < 1.29 is 4.79 Å². The van der Waals surface area contributed by atoms with Gasteiger partial charge in [-0.2, -0.15) is 0 Å². The summed E-state index contributed by atoms with van der Waals surface area (Å²) in [4.78, 5) is 12.1. The van der Waals surface area contributed by atoms with Gasteiger partial charge in [-0.05, 0) is 31.6 Å². The summed E-state index contributed by atoms with van der Waals surface area (Å²) < 4.78 is -0.934. The lowest BCUT2D eigenvalue weighted by Gasteiger charge is -2.42. The van der Waals surface area contributed by atoms with Crippen molar-refractivity contribution in [1.82, 2.24) is 0 Å². The van der Waals surface area contributed by atoms with Crippen LogP contribution in [-0.2, 0) is 4.79 Å². The van der Waals surface area contributed by atoms with Crippen LogP contribution < -0.4 is 0 Å². The van der Waals surface area contributed by atoms with E-state index >= 15 is 0 Å². The maximum Gasteiger partial charge on any atom is 0.176 e. The number of carbonyl (C=O) groups is 1. The van der Waals surface area contributed by atoms with Crippen molar-refractivity contribution >= 4 is 53.6 Å². The Labute approximate surface area is 111 Å². The number of hydrogen-bond donors (Lipinski definition) is 0. The van der Waals surface area contributed by atoms with Crippen molar-refractivity contribution in [2.24, 2.45) is 11.8 Å². The molecule has 1 saturated carbocycles. The highest BCUT2D eigenvalue weighted by atomic mass is 79.9. The second-order valence-corrected chi connectivity index (χ2v) is 9.85. The number of rotatable bonds is 1. The molecular formula is C10H15Br3O. The Morgan fingerprint density at radius 2 is 1.86 bits per heavy atom. The highest BCUT2D eigenvalue weighted by Gasteiger charge is 2.53. The van der Waals surface area contributed by atoms with Gasteiger partial charge in [-0.1, -0.05) is 61.6 Å². The third kappa shape index (κ3) is 2.27. The minimum Gasteiger partial charge on any atom is -0.296 e. The molecule has 4 heteroatoms. The predicted molar refractivity (Wildman–Crippen MR) is 70.5 cm³/mol. The Morgan fingerprint density at radius 3 is 2.29 bits per heavy atom. The fourth-order valence-electron chi connectivity index (χ4n) is 1.99. The lowest BCUT2D eigenvalue weighted by atomic mass is 9.76. The molecular weight excluding hydrogens is 376 g/mol. The molecule has 1 nitrogen and oxygen atoms in total. The number of ketones is 1. The maximum atomic E-state index is 12.1. The molecule has 2 atom stereocenters. The standard InChI is InChI=1S/C10H15Br3O/c1-6(2)7-4-5-9(3,11)8(14)10(7,12)13/h6-7H,4-5H2,1-3H3. The number of halogens is 3. The zero-order valence-corrected chi connectivity index (χ0v) is 13.4. The van der Waals surface area contributed by atoms with Gasteiger partial charge in [0, 0.05) is 0 Å². The van der Waals surface area contributed by atoms with Gasteiger partial charge in [0.1, 0.15) is 3.23 Å². The molecule has 2 unspecified atom stereocenters. The van der Waals surface area contributed by atoms with Gasteiger partial charge in [-0.25, -0.2) is 0 Å². The fraction of sp³-hybridized carbons (Fsp3) is 0.900. The van der Waals surface area contributed by atoms with Crippen molar-refractivity contribution in [2.75, 3.05) is 0 Å². The largest absolute Gasteiger partial charge is 0.296 e. The van der Waals surface area contributed by atoms with E-state index in [4.69, 9.17) is 0 Å². The number of Topliss-reactive ketones (excluding diaryl/α,β-unsaturated/α-hetero) is 1. The third-order valence-electron chi connectivity index (χ3n) is 2.97. The maximum absolute atomic E-state index is 12.1. The fourth-order valence-corrected chi connectivity index (χ4v) is 5.45. The van der Waals surface area contributed by atoms with Gasteiger partial charge in [0.15, 0.2) is 5.78 Å². The average Bonchev–Trinajstić information content (AvgIpc) is 1.99. The summed E-state index contributed by atoms with van der Waals surface area (Å²) in [6, 6.07) is 0. The van der Waals surface area contributed by atoms with E-state index in [0.717, 1.165) is 12.8 Å². The molecule has 0 aromatic heterocycles. The SMILES string of the molecule is CC(C)C1CCC(C)(Br)C(=O)C1(Br)Br. The van der Waals surface area contributed by atoms with Crippen molar-refractivity contribution in [3.63, 3.8) is 0 Å². The Kier molecular flexibility index (Phi) is 3.93. The molecule has 0 bridgehead atoms. The van der Waals surface area contributed by atoms with Crippen LogP contribution in [0, 0.1) is 11.8 Å². The highest BCUT2D eigenvalue weighted by Crippen LogP contribution is 2.51. The van der Waals surface area contributed by atoms with Crippen molar-refractivity contribution in [2.45, 2.75) is 41.2 Å². The van der Waals surface area contributed by atoms with Gasteiger partial charge >= 0.3 is 0 Å². The van der Waals surface area contributed by atoms with E-state index in [0.29, 0.717) is 11.8 Å².